The molecule has 0 aromatic heterocycles. The molecule has 1 aliphatic carbocycles. The van der Waals surface area contributed by atoms with Crippen LogP contribution in [0.4, 0.5) is 0 Å². The molecule has 0 bridgehead atoms. The zero-order chi connectivity index (χ0) is 17.6. The fourth-order valence-electron chi connectivity index (χ4n) is 3.23. The number of benzene rings is 2. The maximum absolute atomic E-state index is 12.8. The summed E-state index contributed by atoms with van der Waals surface area (Å²) in [5.74, 6) is -0.304. The minimum absolute atomic E-state index is 0.143. The molecule has 0 spiro atoms. The van der Waals surface area contributed by atoms with Gasteiger partial charge in [0.05, 0.1) is 5.02 Å². The third-order valence-electron chi connectivity index (χ3n) is 4.54. The highest BCUT2D eigenvalue weighted by Crippen LogP contribution is 2.36. The van der Waals surface area contributed by atoms with Crippen LogP contribution in [0.5, 0.6) is 0 Å². The van der Waals surface area contributed by atoms with Gasteiger partial charge in [-0.1, -0.05) is 59.8 Å². The first kappa shape index (κ1) is 16.8. The smallest absolute Gasteiger partial charge is 0.194 e. The van der Waals surface area contributed by atoms with E-state index in [1.54, 1.807) is 36.4 Å². The summed E-state index contributed by atoms with van der Waals surface area (Å²) in [5.41, 5.74) is 1.65. The SMILES string of the molecule is O=C1c2ccccc2C(=O)c2cc(SC(=S)N3CCCC3)c(Cl)cc21. The molecule has 1 saturated heterocycles. The third kappa shape index (κ3) is 2.90. The van der Waals surface area contributed by atoms with Gasteiger partial charge in [-0.2, -0.15) is 0 Å². The highest BCUT2D eigenvalue weighted by atomic mass is 35.5. The van der Waals surface area contributed by atoms with Crippen molar-refractivity contribution >= 4 is 51.5 Å². The second-order valence-electron chi connectivity index (χ2n) is 6.09. The summed E-state index contributed by atoms with van der Waals surface area (Å²) < 4.78 is 0.759. The number of likely N-dealkylation sites (tertiary alicyclic amines) is 1. The Bertz CT molecular complexity index is 920. The van der Waals surface area contributed by atoms with E-state index in [0.717, 1.165) is 35.1 Å². The van der Waals surface area contributed by atoms with Crippen LogP contribution in [0.3, 0.4) is 0 Å². The summed E-state index contributed by atoms with van der Waals surface area (Å²) >= 11 is 13.3. The van der Waals surface area contributed by atoms with Crippen molar-refractivity contribution in [3.63, 3.8) is 0 Å². The van der Waals surface area contributed by atoms with Gasteiger partial charge in [0, 0.05) is 40.2 Å². The molecule has 0 amide bonds. The largest absolute Gasteiger partial charge is 0.357 e. The molecule has 126 valence electrons. The molecule has 0 atom stereocenters. The monoisotopic (exact) mass is 387 g/mol. The number of hydrogen-bond acceptors (Lipinski definition) is 4. The Balaban J connectivity index is 1.72. The molecular formula is C19H14ClNO2S2. The molecule has 2 aliphatic rings. The van der Waals surface area contributed by atoms with Gasteiger partial charge in [-0.3, -0.25) is 9.59 Å². The van der Waals surface area contributed by atoms with Gasteiger partial charge < -0.3 is 4.90 Å². The maximum Gasteiger partial charge on any atom is 0.194 e. The van der Waals surface area contributed by atoms with E-state index >= 15 is 0 Å². The average Bonchev–Trinajstić information content (AvgIpc) is 3.16. The number of thioether (sulfide) groups is 1. The van der Waals surface area contributed by atoms with Crippen LogP contribution in [0.2, 0.25) is 5.02 Å². The van der Waals surface area contributed by atoms with Crippen molar-refractivity contribution in [2.75, 3.05) is 13.1 Å². The van der Waals surface area contributed by atoms with Crippen molar-refractivity contribution in [1.82, 2.24) is 4.90 Å². The fraction of sp³-hybridized carbons (Fsp3) is 0.211. The molecule has 2 aromatic carbocycles. The van der Waals surface area contributed by atoms with E-state index in [0.29, 0.717) is 27.3 Å². The maximum atomic E-state index is 12.8. The second kappa shape index (κ2) is 6.56. The molecule has 4 rings (SSSR count). The van der Waals surface area contributed by atoms with Crippen LogP contribution in [0.1, 0.15) is 44.7 Å². The van der Waals surface area contributed by atoms with E-state index in [1.165, 1.54) is 11.8 Å². The zero-order valence-electron chi connectivity index (χ0n) is 13.3. The van der Waals surface area contributed by atoms with Gasteiger partial charge in [-0.15, -0.1) is 0 Å². The van der Waals surface area contributed by atoms with Gasteiger partial charge in [0.1, 0.15) is 4.32 Å². The van der Waals surface area contributed by atoms with Crippen molar-refractivity contribution in [3.05, 3.63) is 63.7 Å². The minimum Gasteiger partial charge on any atom is -0.357 e. The molecule has 0 N–H and O–H groups in total. The van der Waals surface area contributed by atoms with Gasteiger partial charge in [0.15, 0.2) is 11.6 Å². The molecule has 25 heavy (non-hydrogen) atoms. The van der Waals surface area contributed by atoms with E-state index in [-0.39, 0.29) is 11.6 Å². The Morgan fingerprint density at radius 2 is 1.52 bits per heavy atom. The number of ketones is 2. The van der Waals surface area contributed by atoms with Gasteiger partial charge in [0.2, 0.25) is 0 Å². The van der Waals surface area contributed by atoms with Gasteiger partial charge >= 0.3 is 0 Å². The van der Waals surface area contributed by atoms with Crippen LogP contribution in [0, 0.1) is 0 Å². The lowest BCUT2D eigenvalue weighted by atomic mass is 9.84. The van der Waals surface area contributed by atoms with Gasteiger partial charge in [0.25, 0.3) is 0 Å². The first-order valence-corrected chi connectivity index (χ1v) is 9.65. The molecule has 0 radical (unpaired) electrons. The average molecular weight is 388 g/mol. The summed E-state index contributed by atoms with van der Waals surface area (Å²) in [7, 11) is 0. The van der Waals surface area contributed by atoms with Crippen molar-refractivity contribution in [3.8, 4) is 0 Å². The molecule has 0 unspecified atom stereocenters. The predicted octanol–water partition coefficient (Wildman–Crippen LogP) is 4.59. The van der Waals surface area contributed by atoms with Gasteiger partial charge in [-0.25, -0.2) is 0 Å². The summed E-state index contributed by atoms with van der Waals surface area (Å²) in [4.78, 5) is 28.4. The number of fused-ring (bicyclic) bond motifs is 2. The van der Waals surface area contributed by atoms with E-state index in [1.807, 2.05) is 0 Å². The van der Waals surface area contributed by atoms with Crippen LogP contribution in [-0.4, -0.2) is 33.9 Å². The normalized spacial score (nSPS) is 16.0. The first-order chi connectivity index (χ1) is 12.1. The molecule has 1 heterocycles. The third-order valence-corrected chi connectivity index (χ3v) is 6.46. The quantitative estimate of drug-likeness (QED) is 0.451. The molecule has 3 nitrogen and oxygen atoms in total. The minimum atomic E-state index is -0.161. The number of carbonyl (C=O) groups is 2. The molecule has 1 aliphatic heterocycles. The summed E-state index contributed by atoms with van der Waals surface area (Å²) in [6.07, 6.45) is 2.28. The number of rotatable bonds is 1. The molecule has 0 saturated carbocycles. The Morgan fingerprint density at radius 1 is 0.960 bits per heavy atom. The van der Waals surface area contributed by atoms with Crippen LogP contribution < -0.4 is 0 Å². The summed E-state index contributed by atoms with van der Waals surface area (Å²) in [6.45, 7) is 1.92. The van der Waals surface area contributed by atoms with E-state index in [2.05, 4.69) is 4.90 Å². The standard InChI is InChI=1S/C19H14ClNO2S2/c20-15-9-13-14(10-16(15)25-19(24)21-7-3-4-8-21)18(23)12-6-2-1-5-11(12)17(13)22/h1-2,5-6,9-10H,3-4,7-8H2. The van der Waals surface area contributed by atoms with Crippen molar-refractivity contribution in [1.29, 1.82) is 0 Å². The van der Waals surface area contributed by atoms with E-state index in [4.69, 9.17) is 23.8 Å². The fourth-order valence-corrected chi connectivity index (χ4v) is 4.80. The Labute approximate surface area is 160 Å². The van der Waals surface area contributed by atoms with Crippen molar-refractivity contribution < 1.29 is 9.59 Å². The number of thiocarbonyl (C=S) groups is 1. The summed E-state index contributed by atoms with van der Waals surface area (Å²) in [6, 6.07) is 10.2. The molecule has 6 heteroatoms. The molecular weight excluding hydrogens is 374 g/mol. The number of halogens is 1. The van der Waals surface area contributed by atoms with Crippen molar-refractivity contribution in [2.24, 2.45) is 0 Å². The van der Waals surface area contributed by atoms with Crippen LogP contribution in [0.25, 0.3) is 0 Å². The lowest BCUT2D eigenvalue weighted by Crippen LogP contribution is -2.23. The lowest BCUT2D eigenvalue weighted by molar-refractivity contribution is 0.0979. The second-order valence-corrected chi connectivity index (χ2v) is 8.18. The van der Waals surface area contributed by atoms with Crippen LogP contribution in [-0.2, 0) is 0 Å². The first-order valence-electron chi connectivity index (χ1n) is 8.05. The molecule has 1 fully saturated rings. The Kier molecular flexibility index (Phi) is 4.40. The van der Waals surface area contributed by atoms with E-state index < -0.39 is 0 Å². The number of carbonyl (C=O) groups excluding carboxylic acids is 2. The molecule has 2 aromatic rings. The van der Waals surface area contributed by atoms with Crippen LogP contribution in [0.15, 0.2) is 41.3 Å². The predicted molar refractivity (Wildman–Crippen MR) is 104 cm³/mol. The Hall–Kier alpha value is -1.69. The van der Waals surface area contributed by atoms with Gasteiger partial charge in [-0.05, 0) is 25.0 Å². The van der Waals surface area contributed by atoms with Crippen LogP contribution >= 0.6 is 35.6 Å². The number of nitrogens with zero attached hydrogens (tertiary/aromatic N) is 1. The van der Waals surface area contributed by atoms with E-state index in [9.17, 15) is 9.59 Å². The van der Waals surface area contributed by atoms with Crippen molar-refractivity contribution in [2.45, 2.75) is 17.7 Å². The Morgan fingerprint density at radius 3 is 2.12 bits per heavy atom. The highest BCUT2D eigenvalue weighted by Gasteiger charge is 2.30. The lowest BCUT2D eigenvalue weighted by Gasteiger charge is -2.21. The zero-order valence-corrected chi connectivity index (χ0v) is 15.6. The highest BCUT2D eigenvalue weighted by molar-refractivity contribution is 8.23. The topological polar surface area (TPSA) is 37.4 Å². The summed E-state index contributed by atoms with van der Waals surface area (Å²) in [5, 5.41) is 0.450. The number of hydrogen-bond donors (Lipinski definition) is 0.